The molecule has 1 aliphatic rings. The van der Waals surface area contributed by atoms with Crippen LogP contribution in [-0.4, -0.2) is 9.97 Å². The molecule has 3 heteroatoms. The number of rotatable bonds is 6. The van der Waals surface area contributed by atoms with Crippen LogP contribution in [0.25, 0.3) is 87.5 Å². The highest BCUT2D eigenvalue weighted by atomic mass is 32.1. The summed E-state index contributed by atoms with van der Waals surface area (Å²) in [5.41, 5.74) is 15.8. The van der Waals surface area contributed by atoms with Crippen LogP contribution in [0.15, 0.2) is 200 Å². The lowest BCUT2D eigenvalue weighted by Gasteiger charge is -2.28. The second kappa shape index (κ2) is 13.4. The Hall–Kier alpha value is -6.94. The van der Waals surface area contributed by atoms with E-state index in [-0.39, 0.29) is 5.41 Å². The lowest BCUT2D eigenvalue weighted by molar-refractivity contribution is 0.714. The van der Waals surface area contributed by atoms with E-state index in [2.05, 4.69) is 201 Å². The van der Waals surface area contributed by atoms with Crippen molar-refractivity contribution in [2.45, 2.75) is 12.3 Å². The molecule has 0 radical (unpaired) electrons. The molecular weight excluding hydrogens is 709 g/mol. The number of thiophene rings is 1. The van der Waals surface area contributed by atoms with Gasteiger partial charge in [-0.25, -0.2) is 9.97 Å². The fraction of sp³-hybridized carbons (Fsp3) is 0.0370. The standard InChI is InChI=1S/C54H36N2S/c1-54(39-20-6-3-7-21-39)47-28-12-10-23-42(47)43-31-30-38(33-48(43)54)49-34-50(56-53(55-49)35-16-4-2-5-17-35)44-24-9-8-22-40(44)36-18-14-19-37(32-36)41-26-15-27-46-45-25-11-13-29-51(45)57-52(41)46/h2-34H,1H3. The van der Waals surface area contributed by atoms with Gasteiger partial charge in [0.05, 0.1) is 11.4 Å². The maximum Gasteiger partial charge on any atom is 0.160 e. The van der Waals surface area contributed by atoms with Crippen molar-refractivity contribution in [1.82, 2.24) is 9.97 Å². The smallest absolute Gasteiger partial charge is 0.160 e. The topological polar surface area (TPSA) is 25.8 Å². The minimum Gasteiger partial charge on any atom is -0.228 e. The van der Waals surface area contributed by atoms with Gasteiger partial charge in [0, 0.05) is 42.3 Å². The summed E-state index contributed by atoms with van der Waals surface area (Å²) >= 11 is 1.87. The Bertz CT molecular complexity index is 3140. The Balaban J connectivity index is 1.07. The molecule has 10 aromatic rings. The molecule has 0 saturated heterocycles. The molecule has 1 unspecified atom stereocenters. The van der Waals surface area contributed by atoms with Crippen LogP contribution in [0.4, 0.5) is 0 Å². The van der Waals surface area contributed by atoms with E-state index in [4.69, 9.17) is 9.97 Å². The second-order valence-corrected chi connectivity index (χ2v) is 16.1. The molecule has 1 atom stereocenters. The Morgan fingerprint density at radius 1 is 0.386 bits per heavy atom. The van der Waals surface area contributed by atoms with Gasteiger partial charge in [0.1, 0.15) is 0 Å². The molecule has 0 aliphatic heterocycles. The van der Waals surface area contributed by atoms with Crippen molar-refractivity contribution in [3.8, 4) is 67.3 Å². The van der Waals surface area contributed by atoms with Crippen LogP contribution in [-0.2, 0) is 5.41 Å². The molecule has 2 nitrogen and oxygen atoms in total. The van der Waals surface area contributed by atoms with Gasteiger partial charge in [0.2, 0.25) is 0 Å². The molecule has 57 heavy (non-hydrogen) atoms. The van der Waals surface area contributed by atoms with Crippen molar-refractivity contribution in [3.63, 3.8) is 0 Å². The van der Waals surface area contributed by atoms with Crippen LogP contribution >= 0.6 is 11.3 Å². The first-order valence-corrected chi connectivity index (χ1v) is 20.3. The Morgan fingerprint density at radius 2 is 0.982 bits per heavy atom. The highest BCUT2D eigenvalue weighted by molar-refractivity contribution is 7.26. The molecule has 0 saturated carbocycles. The largest absolute Gasteiger partial charge is 0.228 e. The first-order valence-electron chi connectivity index (χ1n) is 19.5. The molecule has 0 spiro atoms. The lowest BCUT2D eigenvalue weighted by Crippen LogP contribution is -2.22. The second-order valence-electron chi connectivity index (χ2n) is 15.0. The molecule has 268 valence electrons. The Morgan fingerprint density at radius 3 is 1.82 bits per heavy atom. The number of hydrogen-bond acceptors (Lipinski definition) is 3. The molecule has 2 heterocycles. The van der Waals surface area contributed by atoms with Gasteiger partial charge in [-0.05, 0) is 81.3 Å². The average Bonchev–Trinajstić information content (AvgIpc) is 3.80. The molecule has 1 aliphatic carbocycles. The van der Waals surface area contributed by atoms with Crippen molar-refractivity contribution in [2.24, 2.45) is 0 Å². The summed E-state index contributed by atoms with van der Waals surface area (Å²) in [6.07, 6.45) is 0. The summed E-state index contributed by atoms with van der Waals surface area (Å²) in [6, 6.07) is 72.2. The van der Waals surface area contributed by atoms with Gasteiger partial charge in [-0.2, -0.15) is 0 Å². The summed E-state index contributed by atoms with van der Waals surface area (Å²) in [6.45, 7) is 2.36. The fourth-order valence-corrected chi connectivity index (χ4v) is 10.2. The predicted octanol–water partition coefficient (Wildman–Crippen LogP) is 14.5. The van der Waals surface area contributed by atoms with Crippen molar-refractivity contribution in [1.29, 1.82) is 0 Å². The predicted molar refractivity (Wildman–Crippen MR) is 240 cm³/mol. The van der Waals surface area contributed by atoms with Crippen LogP contribution in [0.5, 0.6) is 0 Å². The zero-order chi connectivity index (χ0) is 37.9. The number of benzene rings is 8. The van der Waals surface area contributed by atoms with Gasteiger partial charge in [-0.1, -0.05) is 176 Å². The zero-order valence-corrected chi connectivity index (χ0v) is 32.2. The van der Waals surface area contributed by atoms with E-state index < -0.39 is 0 Å². The monoisotopic (exact) mass is 744 g/mol. The van der Waals surface area contributed by atoms with Crippen LogP contribution in [0.2, 0.25) is 0 Å². The lowest BCUT2D eigenvalue weighted by atomic mass is 9.74. The van der Waals surface area contributed by atoms with Gasteiger partial charge in [-0.15, -0.1) is 11.3 Å². The van der Waals surface area contributed by atoms with Gasteiger partial charge < -0.3 is 0 Å². The first-order chi connectivity index (χ1) is 28.1. The van der Waals surface area contributed by atoms with E-state index in [1.807, 2.05) is 17.4 Å². The quantitative estimate of drug-likeness (QED) is 0.169. The van der Waals surface area contributed by atoms with E-state index in [0.717, 1.165) is 39.2 Å². The molecule has 0 amide bonds. The third-order valence-electron chi connectivity index (χ3n) is 11.8. The molecule has 8 aromatic carbocycles. The minimum absolute atomic E-state index is 0.306. The van der Waals surface area contributed by atoms with E-state index >= 15 is 0 Å². The molecule has 0 N–H and O–H groups in total. The van der Waals surface area contributed by atoms with Gasteiger partial charge in [0.15, 0.2) is 5.82 Å². The van der Waals surface area contributed by atoms with E-state index in [9.17, 15) is 0 Å². The maximum absolute atomic E-state index is 5.30. The summed E-state index contributed by atoms with van der Waals surface area (Å²) in [4.78, 5) is 10.6. The average molecular weight is 745 g/mol. The summed E-state index contributed by atoms with van der Waals surface area (Å²) in [5, 5.41) is 2.62. The van der Waals surface area contributed by atoms with Gasteiger partial charge >= 0.3 is 0 Å². The van der Waals surface area contributed by atoms with Crippen molar-refractivity contribution >= 4 is 31.5 Å². The summed E-state index contributed by atoms with van der Waals surface area (Å²) in [5.74, 6) is 0.706. The van der Waals surface area contributed by atoms with Crippen molar-refractivity contribution < 1.29 is 0 Å². The van der Waals surface area contributed by atoms with Crippen LogP contribution in [0, 0.1) is 0 Å². The number of hydrogen-bond donors (Lipinski definition) is 0. The Labute approximate surface area is 336 Å². The molecule has 2 aromatic heterocycles. The van der Waals surface area contributed by atoms with Crippen molar-refractivity contribution in [2.75, 3.05) is 0 Å². The number of fused-ring (bicyclic) bond motifs is 6. The normalized spacial score (nSPS) is 14.5. The fourth-order valence-electron chi connectivity index (χ4n) is 8.97. The minimum atomic E-state index is -0.306. The third kappa shape index (κ3) is 5.46. The van der Waals surface area contributed by atoms with E-state index in [1.54, 1.807) is 0 Å². The van der Waals surface area contributed by atoms with Gasteiger partial charge in [0.25, 0.3) is 0 Å². The van der Waals surface area contributed by atoms with Gasteiger partial charge in [-0.3, -0.25) is 0 Å². The number of aromatic nitrogens is 2. The number of nitrogens with zero attached hydrogens (tertiary/aromatic N) is 2. The van der Waals surface area contributed by atoms with Crippen LogP contribution in [0.3, 0.4) is 0 Å². The highest BCUT2D eigenvalue weighted by Gasteiger charge is 2.40. The molecule has 0 bridgehead atoms. The van der Waals surface area contributed by atoms with E-state index in [1.165, 1.54) is 59.1 Å². The SMILES string of the molecule is CC1(c2ccccc2)c2ccccc2-c2ccc(-c3cc(-c4ccccc4-c4cccc(-c5cccc6c5sc5ccccc56)c4)nc(-c4ccccc4)n3)cc21. The van der Waals surface area contributed by atoms with E-state index in [0.29, 0.717) is 5.82 Å². The molecular formula is C54H36N2S. The van der Waals surface area contributed by atoms with Crippen LogP contribution in [0.1, 0.15) is 23.6 Å². The summed E-state index contributed by atoms with van der Waals surface area (Å²) in [7, 11) is 0. The summed E-state index contributed by atoms with van der Waals surface area (Å²) < 4.78 is 2.63. The maximum atomic E-state index is 5.30. The zero-order valence-electron chi connectivity index (χ0n) is 31.4. The Kier molecular flexibility index (Phi) is 7.84. The first kappa shape index (κ1) is 33.4. The molecule has 0 fully saturated rings. The third-order valence-corrected chi connectivity index (χ3v) is 13.0. The van der Waals surface area contributed by atoms with Crippen molar-refractivity contribution in [3.05, 3.63) is 217 Å². The van der Waals surface area contributed by atoms with Crippen LogP contribution < -0.4 is 0 Å². The molecule has 11 rings (SSSR count). The highest BCUT2D eigenvalue weighted by Crippen LogP contribution is 2.53.